The molecule has 1 aliphatic rings. The van der Waals surface area contributed by atoms with Gasteiger partial charge in [-0.25, -0.2) is 0 Å². The summed E-state index contributed by atoms with van der Waals surface area (Å²) in [5, 5.41) is 18.1. The van der Waals surface area contributed by atoms with Gasteiger partial charge in [-0.2, -0.15) is 0 Å². The van der Waals surface area contributed by atoms with Crippen molar-refractivity contribution >= 4 is 45.8 Å². The maximum Gasteiger partial charge on any atom is 0.224 e. The van der Waals surface area contributed by atoms with Gasteiger partial charge in [-0.1, -0.05) is 55.7 Å². The molecule has 0 aliphatic heterocycles. The van der Waals surface area contributed by atoms with Crippen LogP contribution in [0.2, 0.25) is 0 Å². The highest BCUT2D eigenvalue weighted by Crippen LogP contribution is 2.19. The van der Waals surface area contributed by atoms with E-state index in [2.05, 4.69) is 16.0 Å². The molecule has 0 unspecified atom stereocenters. The summed E-state index contributed by atoms with van der Waals surface area (Å²) in [4.78, 5) is 22.4. The lowest BCUT2D eigenvalue weighted by Crippen LogP contribution is -2.11. The van der Waals surface area contributed by atoms with Crippen molar-refractivity contribution in [3.63, 3.8) is 0 Å². The highest BCUT2D eigenvalue weighted by Gasteiger charge is 2.05. The predicted octanol–water partition coefficient (Wildman–Crippen LogP) is 8.84. The highest BCUT2D eigenvalue weighted by molar-refractivity contribution is 5.90. The second kappa shape index (κ2) is 20.3. The molecule has 4 aromatic carbocycles. The number of unbranched alkanes of at least 4 members (excludes halogenated alkanes) is 2. The molecular formula is C37H46N4O3. The smallest absolute Gasteiger partial charge is 0.224 e. The number of nitrogen functional groups attached to an aromatic ring is 1. The van der Waals surface area contributed by atoms with Crippen molar-refractivity contribution in [1.82, 2.24) is 0 Å². The van der Waals surface area contributed by atoms with E-state index in [1.54, 1.807) is 0 Å². The molecule has 6 N–H and O–H groups in total. The van der Waals surface area contributed by atoms with Crippen molar-refractivity contribution in [3.05, 3.63) is 109 Å². The fraction of sp³-hybridized carbons (Fsp3) is 0.297. The molecule has 7 heteroatoms. The first-order valence-corrected chi connectivity index (χ1v) is 15.5. The number of nitrogens with two attached hydrogens (primary N) is 1. The van der Waals surface area contributed by atoms with E-state index in [1.165, 1.54) is 12.8 Å². The molecular weight excluding hydrogens is 548 g/mol. The number of amides is 1. The van der Waals surface area contributed by atoms with Crippen molar-refractivity contribution < 1.29 is 14.7 Å². The van der Waals surface area contributed by atoms with Crippen molar-refractivity contribution in [1.29, 1.82) is 0 Å². The van der Waals surface area contributed by atoms with Crippen LogP contribution in [0.1, 0.15) is 64.2 Å². The largest absolute Gasteiger partial charge is 0.399 e. The number of anilines is 6. The van der Waals surface area contributed by atoms with E-state index in [9.17, 15) is 9.59 Å². The Labute approximate surface area is 261 Å². The second-order valence-corrected chi connectivity index (χ2v) is 10.7. The molecule has 232 valence electrons. The number of hydrogen-bond acceptors (Lipinski definition) is 6. The number of rotatable bonds is 10. The van der Waals surface area contributed by atoms with Crippen LogP contribution in [0.3, 0.4) is 0 Å². The van der Waals surface area contributed by atoms with Crippen LogP contribution in [0.15, 0.2) is 109 Å². The van der Waals surface area contributed by atoms with Gasteiger partial charge in [0.25, 0.3) is 0 Å². The molecule has 5 rings (SSSR count). The first kappa shape index (κ1) is 33.9. The fourth-order valence-electron chi connectivity index (χ4n) is 4.50. The second-order valence-electron chi connectivity index (χ2n) is 10.7. The number of carbonyl (C=O) groups is 2. The van der Waals surface area contributed by atoms with Gasteiger partial charge in [0, 0.05) is 60.0 Å². The minimum Gasteiger partial charge on any atom is -0.399 e. The standard InChI is InChI=1S/C18H22N2O2.C12H12N2.C7H12O/c21-14-6-2-5-9-18(22)20-17-12-10-16(11-13-17)19-15-7-3-1-4-8-15;13-10-6-8-12(9-7-10)14-11-4-2-1-3-5-11;8-7-5-3-1-2-4-6-7/h1,3-4,7-8,10-13,19,21H,2,5-6,9,14H2,(H,20,22);1-9,14H,13H2;1-6H2. The third-order valence-electron chi connectivity index (χ3n) is 6.93. The SMILES string of the molecule is Nc1ccc(Nc2ccccc2)cc1.O=C(CCCCCO)Nc1ccc(Nc2ccccc2)cc1.O=C1CCCCCC1. The van der Waals surface area contributed by atoms with Crippen molar-refractivity contribution in [2.24, 2.45) is 0 Å². The van der Waals surface area contributed by atoms with Gasteiger partial charge >= 0.3 is 0 Å². The minimum atomic E-state index is 0.0155. The molecule has 0 atom stereocenters. The number of benzene rings is 4. The van der Waals surface area contributed by atoms with E-state index < -0.39 is 0 Å². The fourth-order valence-corrected chi connectivity index (χ4v) is 4.50. The number of ketones is 1. The summed E-state index contributed by atoms with van der Waals surface area (Å²) in [6.07, 6.45) is 9.44. The Bertz CT molecular complexity index is 1340. The summed E-state index contributed by atoms with van der Waals surface area (Å²) in [6, 6.07) is 35.3. The van der Waals surface area contributed by atoms with Crippen LogP contribution < -0.4 is 21.7 Å². The zero-order chi connectivity index (χ0) is 31.2. The van der Waals surface area contributed by atoms with Gasteiger partial charge in [0.05, 0.1) is 0 Å². The van der Waals surface area contributed by atoms with E-state index in [1.807, 2.05) is 109 Å². The number of para-hydroxylation sites is 2. The average Bonchev–Trinajstić information content (AvgIpc) is 3.30. The van der Waals surface area contributed by atoms with Crippen molar-refractivity contribution in [2.75, 3.05) is 28.3 Å². The summed E-state index contributed by atoms with van der Waals surface area (Å²) in [5.41, 5.74) is 11.3. The van der Waals surface area contributed by atoms with Gasteiger partial charge in [0.15, 0.2) is 0 Å². The zero-order valence-corrected chi connectivity index (χ0v) is 25.5. The quantitative estimate of drug-likeness (QED) is 0.0711. The molecule has 0 bridgehead atoms. The first-order valence-electron chi connectivity index (χ1n) is 15.5. The summed E-state index contributed by atoms with van der Waals surface area (Å²) >= 11 is 0. The van der Waals surface area contributed by atoms with E-state index >= 15 is 0 Å². The summed E-state index contributed by atoms with van der Waals surface area (Å²) in [5.74, 6) is 0.490. The van der Waals surface area contributed by atoms with Crippen LogP contribution in [-0.2, 0) is 9.59 Å². The lowest BCUT2D eigenvalue weighted by molar-refractivity contribution is -0.119. The Morgan fingerprint density at radius 1 is 0.591 bits per heavy atom. The molecule has 1 amide bonds. The maximum atomic E-state index is 11.8. The van der Waals surface area contributed by atoms with Gasteiger partial charge < -0.3 is 26.8 Å². The Hall–Kier alpha value is -4.62. The van der Waals surface area contributed by atoms with Gasteiger partial charge in [0.2, 0.25) is 5.91 Å². The summed E-state index contributed by atoms with van der Waals surface area (Å²) in [6.45, 7) is 0.192. The maximum absolute atomic E-state index is 11.8. The van der Waals surface area contributed by atoms with Crippen LogP contribution in [0, 0.1) is 0 Å². The third kappa shape index (κ3) is 14.5. The molecule has 1 saturated carbocycles. The third-order valence-corrected chi connectivity index (χ3v) is 6.93. The number of aliphatic hydroxyl groups excluding tert-OH is 1. The topological polar surface area (TPSA) is 116 Å². The predicted molar refractivity (Wildman–Crippen MR) is 184 cm³/mol. The van der Waals surface area contributed by atoms with Gasteiger partial charge in [-0.3, -0.25) is 9.59 Å². The highest BCUT2D eigenvalue weighted by atomic mass is 16.3. The Balaban J connectivity index is 0.000000203. The van der Waals surface area contributed by atoms with E-state index in [4.69, 9.17) is 10.8 Å². The van der Waals surface area contributed by atoms with Crippen LogP contribution in [0.25, 0.3) is 0 Å². The first-order chi connectivity index (χ1) is 21.5. The van der Waals surface area contributed by atoms with E-state index in [0.717, 1.165) is 79.1 Å². The Morgan fingerprint density at radius 3 is 1.55 bits per heavy atom. The lowest BCUT2D eigenvalue weighted by atomic mass is 10.2. The molecule has 0 spiro atoms. The van der Waals surface area contributed by atoms with Crippen molar-refractivity contribution in [3.8, 4) is 0 Å². The van der Waals surface area contributed by atoms with Crippen molar-refractivity contribution in [2.45, 2.75) is 64.2 Å². The average molecular weight is 595 g/mol. The minimum absolute atomic E-state index is 0.0155. The molecule has 0 heterocycles. The van der Waals surface area contributed by atoms with E-state index in [-0.39, 0.29) is 12.5 Å². The normalized spacial score (nSPS) is 12.3. The van der Waals surface area contributed by atoms with Crippen LogP contribution in [-0.4, -0.2) is 23.4 Å². The monoisotopic (exact) mass is 594 g/mol. The lowest BCUT2D eigenvalue weighted by Gasteiger charge is -2.08. The van der Waals surface area contributed by atoms with Gasteiger partial charge in [-0.15, -0.1) is 0 Å². The molecule has 1 fully saturated rings. The van der Waals surface area contributed by atoms with Gasteiger partial charge in [0.1, 0.15) is 5.78 Å². The summed E-state index contributed by atoms with van der Waals surface area (Å²) < 4.78 is 0. The van der Waals surface area contributed by atoms with Gasteiger partial charge in [-0.05, 0) is 98.5 Å². The number of Topliss-reactive ketones (excluding diaryl/α,β-unsaturated/α-hetero) is 1. The Kier molecular flexibility index (Phi) is 15.6. The van der Waals surface area contributed by atoms with Crippen LogP contribution in [0.5, 0.6) is 0 Å². The molecule has 4 aromatic rings. The van der Waals surface area contributed by atoms with E-state index in [0.29, 0.717) is 12.2 Å². The summed E-state index contributed by atoms with van der Waals surface area (Å²) in [7, 11) is 0. The van der Waals surface area contributed by atoms with Crippen LogP contribution >= 0.6 is 0 Å². The molecule has 0 radical (unpaired) electrons. The molecule has 0 saturated heterocycles. The molecule has 44 heavy (non-hydrogen) atoms. The number of hydrogen-bond donors (Lipinski definition) is 5. The zero-order valence-electron chi connectivity index (χ0n) is 25.5. The molecule has 7 nitrogen and oxygen atoms in total. The number of aliphatic hydroxyl groups is 1. The Morgan fingerprint density at radius 2 is 1.05 bits per heavy atom. The molecule has 1 aliphatic carbocycles. The molecule has 0 aromatic heterocycles. The number of nitrogens with one attached hydrogen (secondary N) is 3. The van der Waals surface area contributed by atoms with Crippen LogP contribution in [0.4, 0.5) is 34.1 Å². The number of carbonyl (C=O) groups excluding carboxylic acids is 2.